The third-order valence-electron chi connectivity index (χ3n) is 2.55. The lowest BCUT2D eigenvalue weighted by Crippen LogP contribution is -2.05. The third-order valence-corrected chi connectivity index (χ3v) is 2.79. The van der Waals surface area contributed by atoms with Crippen LogP contribution in [0.25, 0.3) is 11.1 Å². The van der Waals surface area contributed by atoms with Gasteiger partial charge in [-0.3, -0.25) is 0 Å². The Morgan fingerprint density at radius 1 is 1.18 bits per heavy atom. The van der Waals surface area contributed by atoms with Gasteiger partial charge in [-0.05, 0) is 36.4 Å². The summed E-state index contributed by atoms with van der Waals surface area (Å²) >= 11 is 5.90. The molecule has 0 unspecified atom stereocenters. The number of rotatable bonds is 3. The van der Waals surface area contributed by atoms with Gasteiger partial charge in [0, 0.05) is 17.1 Å². The van der Waals surface area contributed by atoms with E-state index < -0.39 is 0 Å². The standard InChI is InChI=1S/C14H13ClFN/c1-17-9-10-5-6-13(14(16)7-10)11-3-2-4-12(15)8-11/h2-8,17H,9H2,1H3. The van der Waals surface area contributed by atoms with Crippen molar-refractivity contribution >= 4 is 11.6 Å². The van der Waals surface area contributed by atoms with Crippen LogP contribution in [0.5, 0.6) is 0 Å². The van der Waals surface area contributed by atoms with Crippen LogP contribution >= 0.6 is 11.6 Å². The summed E-state index contributed by atoms with van der Waals surface area (Å²) in [6, 6.07) is 12.5. The van der Waals surface area contributed by atoms with Crippen LogP contribution in [0.1, 0.15) is 5.56 Å². The monoisotopic (exact) mass is 249 g/mol. The van der Waals surface area contributed by atoms with Crippen molar-refractivity contribution in [3.05, 3.63) is 58.9 Å². The lowest BCUT2D eigenvalue weighted by atomic mass is 10.0. The zero-order valence-electron chi connectivity index (χ0n) is 9.50. The van der Waals surface area contributed by atoms with E-state index in [1.54, 1.807) is 24.3 Å². The second-order valence-electron chi connectivity index (χ2n) is 3.85. The minimum absolute atomic E-state index is 0.222. The summed E-state index contributed by atoms with van der Waals surface area (Å²) in [4.78, 5) is 0. The summed E-state index contributed by atoms with van der Waals surface area (Å²) in [7, 11) is 1.84. The highest BCUT2D eigenvalue weighted by Crippen LogP contribution is 2.25. The highest BCUT2D eigenvalue weighted by molar-refractivity contribution is 6.30. The minimum Gasteiger partial charge on any atom is -0.316 e. The molecule has 2 aromatic rings. The smallest absolute Gasteiger partial charge is 0.131 e. The lowest BCUT2D eigenvalue weighted by molar-refractivity contribution is 0.627. The maximum atomic E-state index is 13.9. The highest BCUT2D eigenvalue weighted by Gasteiger charge is 2.06. The van der Waals surface area contributed by atoms with E-state index in [1.165, 1.54) is 0 Å². The molecular weight excluding hydrogens is 237 g/mol. The number of benzene rings is 2. The maximum absolute atomic E-state index is 13.9. The molecule has 1 N–H and O–H groups in total. The van der Waals surface area contributed by atoms with Crippen LogP contribution in [0.2, 0.25) is 5.02 Å². The largest absolute Gasteiger partial charge is 0.316 e. The van der Waals surface area contributed by atoms with E-state index in [0.717, 1.165) is 11.1 Å². The van der Waals surface area contributed by atoms with Crippen LogP contribution in [-0.4, -0.2) is 7.05 Å². The van der Waals surface area contributed by atoms with Gasteiger partial charge in [0.2, 0.25) is 0 Å². The normalized spacial score (nSPS) is 10.5. The minimum atomic E-state index is -0.222. The molecule has 0 aromatic heterocycles. The van der Waals surface area contributed by atoms with Crippen molar-refractivity contribution in [1.29, 1.82) is 0 Å². The number of hydrogen-bond donors (Lipinski definition) is 1. The third kappa shape index (κ3) is 2.84. The first-order valence-corrected chi connectivity index (χ1v) is 5.77. The van der Waals surface area contributed by atoms with Crippen LogP contribution in [-0.2, 0) is 6.54 Å². The quantitative estimate of drug-likeness (QED) is 0.871. The molecule has 88 valence electrons. The molecule has 2 rings (SSSR count). The molecular formula is C14H13ClFN. The molecule has 0 aliphatic heterocycles. The maximum Gasteiger partial charge on any atom is 0.131 e. The Morgan fingerprint density at radius 2 is 2.00 bits per heavy atom. The fourth-order valence-corrected chi connectivity index (χ4v) is 1.95. The summed E-state index contributed by atoms with van der Waals surface area (Å²) in [5.74, 6) is -0.222. The summed E-state index contributed by atoms with van der Waals surface area (Å²) < 4.78 is 13.9. The molecule has 0 saturated heterocycles. The van der Waals surface area contributed by atoms with Crippen molar-refractivity contribution in [1.82, 2.24) is 5.32 Å². The number of nitrogens with one attached hydrogen (secondary N) is 1. The molecule has 0 amide bonds. The van der Waals surface area contributed by atoms with Gasteiger partial charge in [-0.25, -0.2) is 4.39 Å². The summed E-state index contributed by atoms with van der Waals surface area (Å²) in [6.45, 7) is 0.659. The molecule has 2 aromatic carbocycles. The van der Waals surface area contributed by atoms with Crippen LogP contribution in [0.4, 0.5) is 4.39 Å². The second kappa shape index (κ2) is 5.30. The van der Waals surface area contributed by atoms with Gasteiger partial charge < -0.3 is 5.32 Å². The van der Waals surface area contributed by atoms with E-state index in [4.69, 9.17) is 11.6 Å². The molecule has 17 heavy (non-hydrogen) atoms. The Morgan fingerprint density at radius 3 is 2.65 bits per heavy atom. The molecule has 0 heterocycles. The molecule has 3 heteroatoms. The van der Waals surface area contributed by atoms with E-state index in [1.807, 2.05) is 25.2 Å². The number of hydrogen-bond acceptors (Lipinski definition) is 1. The van der Waals surface area contributed by atoms with Crippen LogP contribution in [0.15, 0.2) is 42.5 Å². The lowest BCUT2D eigenvalue weighted by Gasteiger charge is -2.06. The van der Waals surface area contributed by atoms with Gasteiger partial charge in [-0.1, -0.05) is 35.9 Å². The van der Waals surface area contributed by atoms with Gasteiger partial charge in [0.1, 0.15) is 5.82 Å². The Bertz CT molecular complexity index is 525. The van der Waals surface area contributed by atoms with Gasteiger partial charge in [-0.2, -0.15) is 0 Å². The first-order valence-electron chi connectivity index (χ1n) is 5.39. The van der Waals surface area contributed by atoms with Crippen molar-refractivity contribution in [3.8, 4) is 11.1 Å². The average Bonchev–Trinajstić information content (AvgIpc) is 2.29. The molecule has 0 atom stereocenters. The SMILES string of the molecule is CNCc1ccc(-c2cccc(Cl)c2)c(F)c1. The highest BCUT2D eigenvalue weighted by atomic mass is 35.5. The zero-order chi connectivity index (χ0) is 12.3. The predicted octanol–water partition coefficient (Wildman–Crippen LogP) is 3.87. The summed E-state index contributed by atoms with van der Waals surface area (Å²) in [6.07, 6.45) is 0. The second-order valence-corrected chi connectivity index (χ2v) is 4.29. The molecule has 1 nitrogen and oxygen atoms in total. The van der Waals surface area contributed by atoms with Gasteiger partial charge in [0.25, 0.3) is 0 Å². The average molecular weight is 250 g/mol. The van der Waals surface area contributed by atoms with E-state index in [2.05, 4.69) is 5.32 Å². The molecule has 0 fully saturated rings. The topological polar surface area (TPSA) is 12.0 Å². The van der Waals surface area contributed by atoms with Crippen LogP contribution < -0.4 is 5.32 Å². The molecule has 0 saturated carbocycles. The van der Waals surface area contributed by atoms with E-state index >= 15 is 0 Å². The Balaban J connectivity index is 2.39. The van der Waals surface area contributed by atoms with Crippen molar-refractivity contribution in [2.45, 2.75) is 6.54 Å². The summed E-state index contributed by atoms with van der Waals surface area (Å²) in [5, 5.41) is 3.60. The number of halogens is 2. The van der Waals surface area contributed by atoms with Crippen molar-refractivity contribution in [2.24, 2.45) is 0 Å². The Kier molecular flexibility index (Phi) is 3.77. The predicted molar refractivity (Wildman–Crippen MR) is 69.6 cm³/mol. The molecule has 0 bridgehead atoms. The Hall–Kier alpha value is -1.38. The van der Waals surface area contributed by atoms with Gasteiger partial charge in [-0.15, -0.1) is 0 Å². The van der Waals surface area contributed by atoms with Crippen LogP contribution in [0, 0.1) is 5.82 Å². The fourth-order valence-electron chi connectivity index (χ4n) is 1.76. The first kappa shape index (κ1) is 12.1. The molecule has 0 aliphatic rings. The van der Waals surface area contributed by atoms with Crippen molar-refractivity contribution in [2.75, 3.05) is 7.05 Å². The van der Waals surface area contributed by atoms with Gasteiger partial charge >= 0.3 is 0 Å². The first-order chi connectivity index (χ1) is 8.20. The zero-order valence-corrected chi connectivity index (χ0v) is 10.3. The van der Waals surface area contributed by atoms with E-state index in [0.29, 0.717) is 17.1 Å². The van der Waals surface area contributed by atoms with Crippen molar-refractivity contribution in [3.63, 3.8) is 0 Å². The molecule has 0 aliphatic carbocycles. The van der Waals surface area contributed by atoms with E-state index in [-0.39, 0.29) is 5.82 Å². The van der Waals surface area contributed by atoms with Gasteiger partial charge in [0.05, 0.1) is 0 Å². The van der Waals surface area contributed by atoms with E-state index in [9.17, 15) is 4.39 Å². The molecule has 0 spiro atoms. The van der Waals surface area contributed by atoms with Crippen molar-refractivity contribution < 1.29 is 4.39 Å². The fraction of sp³-hybridized carbons (Fsp3) is 0.143. The van der Waals surface area contributed by atoms with Gasteiger partial charge in [0.15, 0.2) is 0 Å². The van der Waals surface area contributed by atoms with Crippen LogP contribution in [0.3, 0.4) is 0 Å². The molecule has 0 radical (unpaired) electrons. The summed E-state index contributed by atoms with van der Waals surface area (Å²) in [5.41, 5.74) is 2.30. The Labute approximate surface area is 105 Å².